The van der Waals surface area contributed by atoms with Crippen LogP contribution in [-0.2, 0) is 4.79 Å². The minimum absolute atomic E-state index is 0.0804. The first-order valence-electron chi connectivity index (χ1n) is 9.38. The number of carbonyl (C=O) groups excluding carboxylic acids is 1. The van der Waals surface area contributed by atoms with Crippen molar-refractivity contribution in [1.82, 2.24) is 10.2 Å². The lowest BCUT2D eigenvalue weighted by molar-refractivity contribution is -0.895. The maximum absolute atomic E-state index is 12.4. The van der Waals surface area contributed by atoms with Gasteiger partial charge in [-0.1, -0.05) is 12.1 Å². The predicted octanol–water partition coefficient (Wildman–Crippen LogP) is -1.54. The number of carbonyl (C=O) groups is 1. The molecule has 1 saturated heterocycles. The highest BCUT2D eigenvalue weighted by Gasteiger charge is 2.23. The van der Waals surface area contributed by atoms with Crippen molar-refractivity contribution in [3.05, 3.63) is 29.3 Å². The summed E-state index contributed by atoms with van der Waals surface area (Å²) in [5.41, 5.74) is 3.25. The van der Waals surface area contributed by atoms with Crippen molar-refractivity contribution in [3.8, 4) is 0 Å². The lowest BCUT2D eigenvalue weighted by Crippen LogP contribution is -3.15. The van der Waals surface area contributed by atoms with E-state index in [-0.39, 0.29) is 5.91 Å². The summed E-state index contributed by atoms with van der Waals surface area (Å²) in [5.74, 6) is 0.0804. The highest BCUT2D eigenvalue weighted by molar-refractivity contribution is 7.80. The topological polar surface area (TPSA) is 53.2 Å². The van der Waals surface area contributed by atoms with Crippen LogP contribution < -0.4 is 20.4 Å². The molecule has 1 aliphatic heterocycles. The Balaban J connectivity index is 1.73. The van der Waals surface area contributed by atoms with Gasteiger partial charge in [0.2, 0.25) is 0 Å². The summed E-state index contributed by atoms with van der Waals surface area (Å²) in [5, 5.41) is 7.23. The number of anilines is 1. The zero-order chi connectivity index (χ0) is 19.1. The summed E-state index contributed by atoms with van der Waals surface area (Å²) in [6.07, 6.45) is 0. The van der Waals surface area contributed by atoms with Crippen molar-refractivity contribution in [3.63, 3.8) is 0 Å². The summed E-state index contributed by atoms with van der Waals surface area (Å²) in [6, 6.07) is 6.01. The quantitative estimate of drug-likeness (QED) is 0.453. The van der Waals surface area contributed by atoms with E-state index in [1.165, 1.54) is 15.4 Å². The fourth-order valence-corrected chi connectivity index (χ4v) is 3.33. The lowest BCUT2D eigenvalue weighted by Gasteiger charge is -2.33. The molecule has 0 spiro atoms. The van der Waals surface area contributed by atoms with Crippen LogP contribution in [0.5, 0.6) is 0 Å². The Bertz CT molecular complexity index is 626. The first-order valence-corrected chi connectivity index (χ1v) is 9.79. The standard InChI is InChI=1S/C19H31N5OS/c1-15-6-5-7-17(16(15)2)21-18(25)14-23-10-12-24(13-11-23)19(26)20-8-9-22(3)4/h5-7H,8-14H2,1-4H3,(H,20,26)(H,21,25)/p+2. The molecule has 1 heterocycles. The highest BCUT2D eigenvalue weighted by atomic mass is 32.1. The van der Waals surface area contributed by atoms with Crippen molar-refractivity contribution in [2.24, 2.45) is 0 Å². The van der Waals surface area contributed by atoms with E-state index in [1.807, 2.05) is 19.1 Å². The third kappa shape index (κ3) is 6.23. The maximum Gasteiger partial charge on any atom is 0.279 e. The predicted molar refractivity (Wildman–Crippen MR) is 110 cm³/mol. The molecular formula is C19H33N5OS+2. The zero-order valence-corrected chi connectivity index (χ0v) is 17.3. The molecule has 0 unspecified atom stereocenters. The molecule has 7 heteroatoms. The normalized spacial score (nSPS) is 15.2. The number of benzene rings is 1. The molecule has 1 aliphatic rings. The van der Waals surface area contributed by atoms with Crippen LogP contribution in [0, 0.1) is 13.8 Å². The molecule has 0 radical (unpaired) electrons. The van der Waals surface area contributed by atoms with E-state index in [4.69, 9.17) is 12.2 Å². The fourth-order valence-electron chi connectivity index (χ4n) is 3.04. The van der Waals surface area contributed by atoms with Crippen LogP contribution >= 0.6 is 12.2 Å². The molecule has 1 amide bonds. The van der Waals surface area contributed by atoms with Gasteiger partial charge in [0.1, 0.15) is 0 Å². The van der Waals surface area contributed by atoms with Gasteiger partial charge in [0.15, 0.2) is 11.7 Å². The van der Waals surface area contributed by atoms with Gasteiger partial charge in [-0.05, 0) is 43.3 Å². The second kappa shape index (κ2) is 9.85. The summed E-state index contributed by atoms with van der Waals surface area (Å²) in [4.78, 5) is 17.3. The van der Waals surface area contributed by atoms with Crippen molar-refractivity contribution in [1.29, 1.82) is 0 Å². The van der Waals surface area contributed by atoms with E-state index in [1.54, 1.807) is 0 Å². The molecule has 0 aliphatic carbocycles. The van der Waals surface area contributed by atoms with Gasteiger partial charge in [0.05, 0.1) is 53.4 Å². The van der Waals surface area contributed by atoms with Gasteiger partial charge < -0.3 is 25.3 Å². The largest absolute Gasteiger partial charge is 0.357 e. The number of quaternary nitrogens is 2. The van der Waals surface area contributed by atoms with Crippen molar-refractivity contribution in [2.45, 2.75) is 13.8 Å². The Morgan fingerprint density at radius 1 is 1.27 bits per heavy atom. The zero-order valence-electron chi connectivity index (χ0n) is 16.4. The molecular weight excluding hydrogens is 346 g/mol. The number of nitrogens with one attached hydrogen (secondary N) is 4. The molecule has 0 bridgehead atoms. The third-order valence-corrected chi connectivity index (χ3v) is 5.35. The van der Waals surface area contributed by atoms with Crippen LogP contribution in [0.3, 0.4) is 0 Å². The van der Waals surface area contributed by atoms with Gasteiger partial charge >= 0.3 is 0 Å². The molecule has 1 fully saturated rings. The number of rotatable bonds is 6. The highest BCUT2D eigenvalue weighted by Crippen LogP contribution is 2.17. The Labute approximate surface area is 162 Å². The lowest BCUT2D eigenvalue weighted by atomic mass is 10.1. The number of piperazine rings is 1. The average molecular weight is 380 g/mol. The van der Waals surface area contributed by atoms with Crippen molar-refractivity contribution < 1.29 is 14.6 Å². The molecule has 6 nitrogen and oxygen atoms in total. The van der Waals surface area contributed by atoms with E-state index >= 15 is 0 Å². The van der Waals surface area contributed by atoms with Crippen LogP contribution in [0.4, 0.5) is 5.69 Å². The van der Waals surface area contributed by atoms with E-state index in [9.17, 15) is 4.79 Å². The Kier molecular flexibility index (Phi) is 7.81. The number of aryl methyl sites for hydroxylation is 1. The minimum Gasteiger partial charge on any atom is -0.357 e. The monoisotopic (exact) mass is 379 g/mol. The maximum atomic E-state index is 12.4. The number of hydrogen-bond donors (Lipinski definition) is 4. The molecule has 144 valence electrons. The number of amides is 1. The van der Waals surface area contributed by atoms with E-state index in [2.05, 4.69) is 42.6 Å². The van der Waals surface area contributed by atoms with E-state index in [0.717, 1.165) is 55.6 Å². The second-order valence-electron chi connectivity index (χ2n) is 7.40. The number of thiocarbonyl (C=S) groups is 1. The summed E-state index contributed by atoms with van der Waals surface area (Å²) in [7, 11) is 4.27. The van der Waals surface area contributed by atoms with Gasteiger partial charge in [0.25, 0.3) is 5.91 Å². The van der Waals surface area contributed by atoms with Crippen LogP contribution in [0.25, 0.3) is 0 Å². The first-order chi connectivity index (χ1) is 12.4. The Morgan fingerprint density at radius 3 is 2.62 bits per heavy atom. The second-order valence-corrected chi connectivity index (χ2v) is 7.79. The number of likely N-dealkylation sites (N-methyl/N-ethyl adjacent to an activating group) is 1. The van der Waals surface area contributed by atoms with Crippen LogP contribution in [0.2, 0.25) is 0 Å². The molecule has 1 aromatic rings. The minimum atomic E-state index is 0.0804. The van der Waals surface area contributed by atoms with Gasteiger partial charge in [-0.25, -0.2) is 0 Å². The van der Waals surface area contributed by atoms with Crippen LogP contribution in [-0.4, -0.2) is 75.8 Å². The third-order valence-electron chi connectivity index (χ3n) is 4.95. The van der Waals surface area contributed by atoms with Gasteiger partial charge in [-0.15, -0.1) is 0 Å². The van der Waals surface area contributed by atoms with E-state index in [0.29, 0.717) is 6.54 Å². The molecule has 0 saturated carbocycles. The molecule has 4 N–H and O–H groups in total. The summed E-state index contributed by atoms with van der Waals surface area (Å²) in [6.45, 7) is 10.2. The molecule has 0 atom stereocenters. The number of hydrogen-bond acceptors (Lipinski definition) is 2. The summed E-state index contributed by atoms with van der Waals surface area (Å²) < 4.78 is 0. The first kappa shape index (κ1) is 20.6. The van der Waals surface area contributed by atoms with Crippen molar-refractivity contribution >= 4 is 28.9 Å². The van der Waals surface area contributed by atoms with E-state index < -0.39 is 0 Å². The van der Waals surface area contributed by atoms with Crippen molar-refractivity contribution in [2.75, 3.05) is 65.2 Å². The molecule has 0 aromatic heterocycles. The fraction of sp³-hybridized carbons (Fsp3) is 0.579. The van der Waals surface area contributed by atoms with Crippen LogP contribution in [0.1, 0.15) is 11.1 Å². The van der Waals surface area contributed by atoms with Crippen LogP contribution in [0.15, 0.2) is 18.2 Å². The van der Waals surface area contributed by atoms with Gasteiger partial charge in [-0.2, -0.15) is 0 Å². The molecule has 1 aromatic carbocycles. The summed E-state index contributed by atoms with van der Waals surface area (Å²) >= 11 is 5.48. The Morgan fingerprint density at radius 2 is 1.96 bits per heavy atom. The SMILES string of the molecule is Cc1cccc(NC(=O)C[NH+]2CCN(C(=S)NCC[NH+](C)C)CC2)c1C. The van der Waals surface area contributed by atoms with Gasteiger partial charge in [0, 0.05) is 5.69 Å². The van der Waals surface area contributed by atoms with Gasteiger partial charge in [-0.3, -0.25) is 4.79 Å². The average Bonchev–Trinajstić information content (AvgIpc) is 2.59. The smallest absolute Gasteiger partial charge is 0.279 e. The molecule has 26 heavy (non-hydrogen) atoms. The molecule has 2 rings (SSSR count). The Hall–Kier alpha value is -1.70. The number of nitrogens with zero attached hydrogens (tertiary/aromatic N) is 1.